The summed E-state index contributed by atoms with van der Waals surface area (Å²) in [6, 6.07) is 12.0. The van der Waals surface area contributed by atoms with Crippen molar-refractivity contribution < 1.29 is 12.8 Å². The predicted octanol–water partition coefficient (Wildman–Crippen LogP) is 2.54. The molecule has 0 aliphatic carbocycles. The fourth-order valence-corrected chi connectivity index (χ4v) is 4.64. The Morgan fingerprint density at radius 3 is 2.33 bits per heavy atom. The van der Waals surface area contributed by atoms with Crippen LogP contribution in [-0.2, 0) is 10.0 Å². The molecule has 0 unspecified atom stereocenters. The molecule has 3 rings (SSSR count). The van der Waals surface area contributed by atoms with Gasteiger partial charge in [0.15, 0.2) is 0 Å². The van der Waals surface area contributed by atoms with Crippen LogP contribution >= 0.6 is 0 Å². The van der Waals surface area contributed by atoms with Crippen LogP contribution in [0.2, 0.25) is 0 Å². The molecule has 0 bridgehead atoms. The topological polar surface area (TPSA) is 52.7 Å². The van der Waals surface area contributed by atoms with Gasteiger partial charge in [-0.1, -0.05) is 12.1 Å². The van der Waals surface area contributed by atoms with Crippen molar-refractivity contribution in [2.24, 2.45) is 0 Å². The molecular formula is C20H26FN3O2S. The summed E-state index contributed by atoms with van der Waals surface area (Å²) in [5.74, 6) is -0.228. The van der Waals surface area contributed by atoms with Crippen LogP contribution in [0.15, 0.2) is 47.4 Å². The molecule has 5 nitrogen and oxygen atoms in total. The average molecular weight is 392 g/mol. The largest absolute Gasteiger partial charge is 0.369 e. The van der Waals surface area contributed by atoms with Crippen molar-refractivity contribution in [1.82, 2.24) is 9.62 Å². The summed E-state index contributed by atoms with van der Waals surface area (Å²) in [6.45, 7) is 8.13. The lowest BCUT2D eigenvalue weighted by atomic mass is 10.2. The Hall–Kier alpha value is -1.96. The first-order chi connectivity index (χ1) is 12.8. The van der Waals surface area contributed by atoms with Gasteiger partial charge in [0.1, 0.15) is 5.82 Å². The summed E-state index contributed by atoms with van der Waals surface area (Å²) in [5, 5.41) is 0. The fourth-order valence-electron chi connectivity index (χ4n) is 3.29. The van der Waals surface area contributed by atoms with E-state index in [1.54, 1.807) is 18.2 Å². The van der Waals surface area contributed by atoms with Crippen molar-refractivity contribution in [2.75, 3.05) is 44.2 Å². The van der Waals surface area contributed by atoms with Crippen LogP contribution in [0.4, 0.5) is 10.1 Å². The number of anilines is 1. The van der Waals surface area contributed by atoms with E-state index in [-0.39, 0.29) is 5.82 Å². The van der Waals surface area contributed by atoms with Gasteiger partial charge in [0, 0.05) is 45.0 Å². The first-order valence-electron chi connectivity index (χ1n) is 9.15. The quantitative estimate of drug-likeness (QED) is 0.822. The SMILES string of the molecule is Cc1ccc(C)c(S(=O)(=O)NCCN2CCN(c3ccc(F)cc3)CC2)c1. The van der Waals surface area contributed by atoms with E-state index >= 15 is 0 Å². The van der Waals surface area contributed by atoms with E-state index in [1.165, 1.54) is 12.1 Å². The van der Waals surface area contributed by atoms with Crippen LogP contribution in [0.5, 0.6) is 0 Å². The minimum absolute atomic E-state index is 0.228. The van der Waals surface area contributed by atoms with Crippen LogP contribution in [-0.4, -0.2) is 52.6 Å². The molecule has 0 atom stereocenters. The molecule has 1 aliphatic rings. The normalized spacial score (nSPS) is 15.9. The molecule has 1 fully saturated rings. The van der Waals surface area contributed by atoms with E-state index in [4.69, 9.17) is 0 Å². The molecule has 7 heteroatoms. The number of piperazine rings is 1. The molecule has 27 heavy (non-hydrogen) atoms. The number of halogens is 1. The standard InChI is InChI=1S/C20H26FN3O2S/c1-16-3-4-17(2)20(15-16)27(25,26)22-9-10-23-11-13-24(14-12-23)19-7-5-18(21)6-8-19/h3-8,15,22H,9-14H2,1-2H3. The zero-order chi connectivity index (χ0) is 19.4. The lowest BCUT2D eigenvalue weighted by Crippen LogP contribution is -2.48. The van der Waals surface area contributed by atoms with Gasteiger partial charge in [-0.05, 0) is 55.3 Å². The number of nitrogens with one attached hydrogen (secondary N) is 1. The van der Waals surface area contributed by atoms with Gasteiger partial charge in [0.2, 0.25) is 10.0 Å². The van der Waals surface area contributed by atoms with Gasteiger partial charge in [-0.15, -0.1) is 0 Å². The highest BCUT2D eigenvalue weighted by Crippen LogP contribution is 2.18. The van der Waals surface area contributed by atoms with Crippen molar-refractivity contribution >= 4 is 15.7 Å². The van der Waals surface area contributed by atoms with Gasteiger partial charge in [-0.2, -0.15) is 0 Å². The van der Waals surface area contributed by atoms with Crippen molar-refractivity contribution in [3.63, 3.8) is 0 Å². The highest BCUT2D eigenvalue weighted by molar-refractivity contribution is 7.89. The van der Waals surface area contributed by atoms with Crippen LogP contribution < -0.4 is 9.62 Å². The Bertz CT molecular complexity index is 877. The van der Waals surface area contributed by atoms with E-state index in [1.807, 2.05) is 26.0 Å². The smallest absolute Gasteiger partial charge is 0.240 e. The van der Waals surface area contributed by atoms with Crippen molar-refractivity contribution in [1.29, 1.82) is 0 Å². The summed E-state index contributed by atoms with van der Waals surface area (Å²) in [5.41, 5.74) is 2.70. The van der Waals surface area contributed by atoms with E-state index in [0.29, 0.717) is 18.0 Å². The number of sulfonamides is 1. The zero-order valence-electron chi connectivity index (χ0n) is 15.8. The van der Waals surface area contributed by atoms with Gasteiger partial charge < -0.3 is 4.90 Å². The molecule has 0 saturated carbocycles. The molecule has 1 aliphatic heterocycles. The number of rotatable bonds is 6. The highest BCUT2D eigenvalue weighted by atomic mass is 32.2. The minimum Gasteiger partial charge on any atom is -0.369 e. The van der Waals surface area contributed by atoms with Gasteiger partial charge in [0.25, 0.3) is 0 Å². The van der Waals surface area contributed by atoms with E-state index in [2.05, 4.69) is 14.5 Å². The molecule has 1 N–H and O–H groups in total. The Labute approximate surface area is 160 Å². The Morgan fingerprint density at radius 1 is 1.00 bits per heavy atom. The third-order valence-corrected chi connectivity index (χ3v) is 6.52. The predicted molar refractivity (Wildman–Crippen MR) is 106 cm³/mol. The maximum absolute atomic E-state index is 13.0. The maximum Gasteiger partial charge on any atom is 0.240 e. The third-order valence-electron chi connectivity index (χ3n) is 4.92. The Balaban J connectivity index is 1.49. The molecule has 1 saturated heterocycles. The van der Waals surface area contributed by atoms with Crippen LogP contribution in [0.25, 0.3) is 0 Å². The van der Waals surface area contributed by atoms with Crippen LogP contribution in [0, 0.1) is 19.7 Å². The second kappa shape index (κ2) is 8.37. The van der Waals surface area contributed by atoms with Gasteiger partial charge >= 0.3 is 0 Å². The third kappa shape index (κ3) is 5.06. The lowest BCUT2D eigenvalue weighted by molar-refractivity contribution is 0.262. The zero-order valence-corrected chi connectivity index (χ0v) is 16.6. The summed E-state index contributed by atoms with van der Waals surface area (Å²) < 4.78 is 40.8. The molecule has 0 aromatic heterocycles. The van der Waals surface area contributed by atoms with Crippen LogP contribution in [0.1, 0.15) is 11.1 Å². The fraction of sp³-hybridized carbons (Fsp3) is 0.400. The molecule has 1 heterocycles. The van der Waals surface area contributed by atoms with Gasteiger partial charge in [0.05, 0.1) is 4.90 Å². The number of hydrogen-bond acceptors (Lipinski definition) is 4. The number of nitrogens with zero attached hydrogens (tertiary/aromatic N) is 2. The number of benzene rings is 2. The number of hydrogen-bond donors (Lipinski definition) is 1. The van der Waals surface area contributed by atoms with Gasteiger partial charge in [-0.25, -0.2) is 17.5 Å². The summed E-state index contributed by atoms with van der Waals surface area (Å²) in [6.07, 6.45) is 0. The molecule has 2 aromatic carbocycles. The van der Waals surface area contributed by atoms with Crippen molar-refractivity contribution in [3.05, 3.63) is 59.4 Å². The van der Waals surface area contributed by atoms with Crippen LogP contribution in [0.3, 0.4) is 0 Å². The molecule has 2 aromatic rings. The Morgan fingerprint density at radius 2 is 1.67 bits per heavy atom. The highest BCUT2D eigenvalue weighted by Gasteiger charge is 2.19. The summed E-state index contributed by atoms with van der Waals surface area (Å²) in [4.78, 5) is 4.81. The van der Waals surface area contributed by atoms with E-state index < -0.39 is 10.0 Å². The molecule has 146 valence electrons. The Kier molecular flexibility index (Phi) is 6.14. The van der Waals surface area contributed by atoms with E-state index in [0.717, 1.165) is 43.0 Å². The maximum atomic E-state index is 13.0. The average Bonchev–Trinajstić information content (AvgIpc) is 2.65. The molecular weight excluding hydrogens is 365 g/mol. The second-order valence-electron chi connectivity index (χ2n) is 6.97. The van der Waals surface area contributed by atoms with E-state index in [9.17, 15) is 12.8 Å². The second-order valence-corrected chi connectivity index (χ2v) is 8.71. The summed E-state index contributed by atoms with van der Waals surface area (Å²) >= 11 is 0. The molecule has 0 amide bonds. The minimum atomic E-state index is -3.49. The van der Waals surface area contributed by atoms with Crippen molar-refractivity contribution in [3.8, 4) is 0 Å². The monoisotopic (exact) mass is 391 g/mol. The van der Waals surface area contributed by atoms with Gasteiger partial charge in [-0.3, -0.25) is 4.90 Å². The first kappa shape index (κ1) is 19.8. The molecule has 0 radical (unpaired) electrons. The lowest BCUT2D eigenvalue weighted by Gasteiger charge is -2.36. The summed E-state index contributed by atoms with van der Waals surface area (Å²) in [7, 11) is -3.49. The first-order valence-corrected chi connectivity index (χ1v) is 10.6. The molecule has 0 spiro atoms. The van der Waals surface area contributed by atoms with Crippen molar-refractivity contribution in [2.45, 2.75) is 18.7 Å². The number of aryl methyl sites for hydroxylation is 2.